The summed E-state index contributed by atoms with van der Waals surface area (Å²) in [4.78, 5) is 10.9. The minimum absolute atomic E-state index is 0.0948. The van der Waals surface area contributed by atoms with Crippen molar-refractivity contribution in [2.75, 3.05) is 6.61 Å². The van der Waals surface area contributed by atoms with Gasteiger partial charge in [-0.3, -0.25) is 0 Å². The van der Waals surface area contributed by atoms with Gasteiger partial charge in [-0.2, -0.15) is 18.4 Å². The van der Waals surface area contributed by atoms with Crippen LogP contribution in [0.25, 0.3) is 0 Å². The second-order valence-corrected chi connectivity index (χ2v) is 4.69. The molecule has 0 aromatic heterocycles. The van der Waals surface area contributed by atoms with Gasteiger partial charge in [-0.1, -0.05) is 0 Å². The van der Waals surface area contributed by atoms with Gasteiger partial charge in [0.25, 0.3) is 6.43 Å². The SMILES string of the molecule is CCOC(=O)c1ccc(SC(F)(F)F)c(C#N)c1C(F)F. The highest BCUT2D eigenvalue weighted by Crippen LogP contribution is 2.41. The van der Waals surface area contributed by atoms with Gasteiger partial charge < -0.3 is 4.74 Å². The molecule has 0 amide bonds. The zero-order valence-corrected chi connectivity index (χ0v) is 11.3. The molecule has 1 aromatic rings. The first kappa shape index (κ1) is 17.2. The molecular weight excluding hydrogens is 317 g/mol. The maximum Gasteiger partial charge on any atom is 0.446 e. The number of nitrogens with zero attached hydrogens (tertiary/aromatic N) is 1. The number of hydrogen-bond donors (Lipinski definition) is 0. The average molecular weight is 325 g/mol. The second kappa shape index (κ2) is 6.76. The molecule has 1 rings (SSSR count). The van der Waals surface area contributed by atoms with Gasteiger partial charge in [0, 0.05) is 4.90 Å². The van der Waals surface area contributed by atoms with Gasteiger partial charge in [0.1, 0.15) is 6.07 Å². The average Bonchev–Trinajstić information content (AvgIpc) is 2.36. The number of hydrogen-bond acceptors (Lipinski definition) is 4. The Morgan fingerprint density at radius 3 is 2.48 bits per heavy atom. The van der Waals surface area contributed by atoms with Crippen molar-refractivity contribution in [3.05, 3.63) is 28.8 Å². The minimum Gasteiger partial charge on any atom is -0.462 e. The van der Waals surface area contributed by atoms with Crippen LogP contribution in [0.5, 0.6) is 0 Å². The molecule has 9 heteroatoms. The van der Waals surface area contributed by atoms with Crippen molar-refractivity contribution in [3.63, 3.8) is 0 Å². The first-order valence-corrected chi connectivity index (χ1v) is 6.31. The van der Waals surface area contributed by atoms with Gasteiger partial charge in [-0.15, -0.1) is 0 Å². The molecule has 0 saturated carbocycles. The van der Waals surface area contributed by atoms with Crippen LogP contribution in [0.2, 0.25) is 0 Å². The topological polar surface area (TPSA) is 50.1 Å². The van der Waals surface area contributed by atoms with E-state index < -0.39 is 51.3 Å². The zero-order valence-electron chi connectivity index (χ0n) is 10.5. The number of carbonyl (C=O) groups is 1. The van der Waals surface area contributed by atoms with E-state index in [0.29, 0.717) is 0 Å². The van der Waals surface area contributed by atoms with E-state index in [4.69, 9.17) is 5.26 Å². The lowest BCUT2D eigenvalue weighted by Crippen LogP contribution is -2.11. The Morgan fingerprint density at radius 1 is 1.43 bits per heavy atom. The number of halogens is 5. The van der Waals surface area contributed by atoms with E-state index in [1.165, 1.54) is 13.0 Å². The maximum absolute atomic E-state index is 13.0. The molecule has 0 aliphatic carbocycles. The lowest BCUT2D eigenvalue weighted by molar-refractivity contribution is -0.0328. The fourth-order valence-corrected chi connectivity index (χ4v) is 2.18. The summed E-state index contributed by atoms with van der Waals surface area (Å²) in [5.41, 5.74) is -7.28. The molecule has 1 aromatic carbocycles. The molecule has 0 fully saturated rings. The summed E-state index contributed by atoms with van der Waals surface area (Å²) in [5.74, 6) is -1.12. The highest BCUT2D eigenvalue weighted by molar-refractivity contribution is 8.00. The van der Waals surface area contributed by atoms with Gasteiger partial charge in [0.15, 0.2) is 0 Å². The normalized spacial score (nSPS) is 11.3. The van der Waals surface area contributed by atoms with Crippen molar-refractivity contribution in [2.45, 2.75) is 23.8 Å². The molecule has 0 atom stereocenters. The Kier molecular flexibility index (Phi) is 5.54. The van der Waals surface area contributed by atoms with Crippen LogP contribution in [0.4, 0.5) is 22.0 Å². The Balaban J connectivity index is 3.46. The van der Waals surface area contributed by atoms with Gasteiger partial charge in [-0.25, -0.2) is 13.6 Å². The third kappa shape index (κ3) is 4.32. The van der Waals surface area contributed by atoms with Crippen LogP contribution in [0.3, 0.4) is 0 Å². The molecule has 0 N–H and O–H groups in total. The monoisotopic (exact) mass is 325 g/mol. The van der Waals surface area contributed by atoms with E-state index in [-0.39, 0.29) is 6.61 Å². The molecule has 3 nitrogen and oxygen atoms in total. The summed E-state index contributed by atoms with van der Waals surface area (Å²) in [7, 11) is 0. The number of thioether (sulfide) groups is 1. The van der Waals surface area contributed by atoms with Crippen molar-refractivity contribution >= 4 is 17.7 Å². The lowest BCUT2D eigenvalue weighted by atomic mass is 10.0. The fraction of sp³-hybridized carbons (Fsp3) is 0.333. The molecule has 0 radical (unpaired) electrons. The summed E-state index contributed by atoms with van der Waals surface area (Å²) in [6.45, 7) is 1.35. The van der Waals surface area contributed by atoms with Crippen LogP contribution < -0.4 is 0 Å². The number of nitriles is 1. The summed E-state index contributed by atoms with van der Waals surface area (Å²) in [6, 6.07) is 2.90. The fourth-order valence-electron chi connectivity index (χ4n) is 1.54. The maximum atomic E-state index is 13.0. The third-order valence-electron chi connectivity index (χ3n) is 2.26. The van der Waals surface area contributed by atoms with Crippen LogP contribution in [-0.4, -0.2) is 18.1 Å². The van der Waals surface area contributed by atoms with Gasteiger partial charge in [-0.05, 0) is 30.8 Å². The van der Waals surface area contributed by atoms with E-state index in [1.807, 2.05) is 0 Å². The molecule has 0 spiro atoms. The molecular formula is C12H8F5NO2S. The quantitative estimate of drug-likeness (QED) is 0.471. The van der Waals surface area contributed by atoms with E-state index in [1.54, 1.807) is 0 Å². The molecule has 0 unspecified atom stereocenters. The van der Waals surface area contributed by atoms with Gasteiger partial charge >= 0.3 is 11.5 Å². The standard InChI is InChI=1S/C12H8F5NO2S/c1-2-20-11(19)6-3-4-8(21-12(15,16)17)7(5-18)9(6)10(13)14/h3-4,10H,2H2,1H3. The van der Waals surface area contributed by atoms with Crippen molar-refractivity contribution in [1.29, 1.82) is 5.26 Å². The number of ether oxygens (including phenoxy) is 1. The smallest absolute Gasteiger partial charge is 0.446 e. The van der Waals surface area contributed by atoms with Crippen LogP contribution in [0.1, 0.15) is 34.8 Å². The Labute approximate surface area is 120 Å². The highest BCUT2D eigenvalue weighted by Gasteiger charge is 2.33. The van der Waals surface area contributed by atoms with E-state index in [9.17, 15) is 26.7 Å². The number of carbonyl (C=O) groups excluding carboxylic acids is 1. The van der Waals surface area contributed by atoms with Crippen LogP contribution in [0.15, 0.2) is 17.0 Å². The lowest BCUT2D eigenvalue weighted by Gasteiger charge is -2.14. The molecule has 0 heterocycles. The van der Waals surface area contributed by atoms with Gasteiger partial charge in [0.05, 0.1) is 23.3 Å². The van der Waals surface area contributed by atoms with E-state index in [0.717, 1.165) is 12.1 Å². The van der Waals surface area contributed by atoms with Crippen molar-refractivity contribution < 1.29 is 31.5 Å². The molecule has 21 heavy (non-hydrogen) atoms. The second-order valence-electron chi connectivity index (χ2n) is 3.58. The number of benzene rings is 1. The van der Waals surface area contributed by atoms with E-state index in [2.05, 4.69) is 4.74 Å². The van der Waals surface area contributed by atoms with Crippen molar-refractivity contribution in [2.24, 2.45) is 0 Å². The van der Waals surface area contributed by atoms with Gasteiger partial charge in [0.2, 0.25) is 0 Å². The first-order valence-electron chi connectivity index (χ1n) is 5.49. The predicted molar refractivity (Wildman–Crippen MR) is 64.0 cm³/mol. The Bertz CT molecular complexity index is 580. The summed E-state index contributed by atoms with van der Waals surface area (Å²) in [5, 5.41) is 8.86. The Hall–Kier alpha value is -1.82. The minimum atomic E-state index is -4.74. The molecule has 114 valence electrons. The summed E-state index contributed by atoms with van der Waals surface area (Å²) >= 11 is -0.691. The Morgan fingerprint density at radius 2 is 2.05 bits per heavy atom. The number of rotatable bonds is 4. The largest absolute Gasteiger partial charge is 0.462 e. The summed E-state index contributed by atoms with van der Waals surface area (Å²) < 4.78 is 67.7. The number of alkyl halides is 5. The molecule has 0 bridgehead atoms. The van der Waals surface area contributed by atoms with Crippen LogP contribution in [0, 0.1) is 11.3 Å². The first-order chi connectivity index (χ1) is 9.71. The van der Waals surface area contributed by atoms with E-state index >= 15 is 0 Å². The van der Waals surface area contributed by atoms with Crippen LogP contribution >= 0.6 is 11.8 Å². The third-order valence-corrected chi connectivity index (χ3v) is 3.05. The highest BCUT2D eigenvalue weighted by atomic mass is 32.2. The van der Waals surface area contributed by atoms with Crippen molar-refractivity contribution in [1.82, 2.24) is 0 Å². The summed E-state index contributed by atoms with van der Waals surface area (Å²) in [6.07, 6.45) is -3.28. The zero-order chi connectivity index (χ0) is 16.2. The van der Waals surface area contributed by atoms with Crippen molar-refractivity contribution in [3.8, 4) is 6.07 Å². The molecule has 0 aliphatic heterocycles. The van der Waals surface area contributed by atoms with Crippen LogP contribution in [-0.2, 0) is 4.74 Å². The predicted octanol–water partition coefficient (Wildman–Crippen LogP) is 4.28. The molecule has 0 aliphatic rings. The number of esters is 1. The molecule has 0 saturated heterocycles.